The fourth-order valence-electron chi connectivity index (χ4n) is 2.27. The lowest BCUT2D eigenvalue weighted by molar-refractivity contribution is 0.594. The van der Waals surface area contributed by atoms with Crippen LogP contribution >= 0.6 is 0 Å². The molecule has 0 aliphatic rings. The Labute approximate surface area is 127 Å². The molecule has 0 unspecified atom stereocenters. The van der Waals surface area contributed by atoms with E-state index in [4.69, 9.17) is 0 Å². The van der Waals surface area contributed by atoms with Crippen LogP contribution in [-0.2, 0) is 10.0 Å². The van der Waals surface area contributed by atoms with Gasteiger partial charge in [0.2, 0.25) is 0 Å². The first kappa shape index (κ1) is 14.5. The van der Waals surface area contributed by atoms with Gasteiger partial charge in [-0.1, -0.05) is 18.2 Å². The Balaban J connectivity index is 2.09. The molecule has 1 heterocycles. The maximum atomic E-state index is 13.4. The maximum Gasteiger partial charge on any atom is 0.262 e. The van der Waals surface area contributed by atoms with E-state index in [9.17, 15) is 12.8 Å². The van der Waals surface area contributed by atoms with Crippen LogP contribution in [0.2, 0.25) is 0 Å². The van der Waals surface area contributed by atoms with E-state index < -0.39 is 15.8 Å². The number of hydrogen-bond donors (Lipinski definition) is 1. The normalized spacial score (nSPS) is 11.5. The molecule has 22 heavy (non-hydrogen) atoms. The number of aryl methyl sites for hydroxylation is 1. The van der Waals surface area contributed by atoms with Crippen LogP contribution in [0.15, 0.2) is 59.8 Å². The number of fused-ring (bicyclic) bond motifs is 1. The number of pyridine rings is 1. The van der Waals surface area contributed by atoms with Crippen molar-refractivity contribution in [3.05, 3.63) is 66.2 Å². The van der Waals surface area contributed by atoms with Crippen molar-refractivity contribution in [2.75, 3.05) is 4.72 Å². The van der Waals surface area contributed by atoms with Crippen molar-refractivity contribution in [1.82, 2.24) is 4.98 Å². The summed E-state index contributed by atoms with van der Waals surface area (Å²) in [6, 6.07) is 10.7. The molecule has 1 N–H and O–H groups in total. The average molecular weight is 316 g/mol. The van der Waals surface area contributed by atoms with Crippen molar-refractivity contribution < 1.29 is 12.8 Å². The van der Waals surface area contributed by atoms with Gasteiger partial charge in [-0.15, -0.1) is 0 Å². The quantitative estimate of drug-likeness (QED) is 0.805. The zero-order chi connectivity index (χ0) is 15.7. The number of benzene rings is 2. The van der Waals surface area contributed by atoms with Gasteiger partial charge in [0.25, 0.3) is 10.0 Å². The van der Waals surface area contributed by atoms with Crippen LogP contribution in [0.1, 0.15) is 5.56 Å². The van der Waals surface area contributed by atoms with Crippen LogP contribution < -0.4 is 4.72 Å². The van der Waals surface area contributed by atoms with Crippen LogP contribution in [0.5, 0.6) is 0 Å². The third-order valence-corrected chi connectivity index (χ3v) is 4.87. The number of anilines is 1. The van der Waals surface area contributed by atoms with E-state index in [0.717, 1.165) is 16.8 Å². The predicted molar refractivity (Wildman–Crippen MR) is 83.7 cm³/mol. The number of nitrogens with zero attached hydrogens (tertiary/aromatic N) is 1. The molecule has 0 bridgehead atoms. The second-order valence-electron chi connectivity index (χ2n) is 4.92. The van der Waals surface area contributed by atoms with Crippen LogP contribution in [0, 0.1) is 12.7 Å². The van der Waals surface area contributed by atoms with Gasteiger partial charge in [-0.25, -0.2) is 12.8 Å². The first-order chi connectivity index (χ1) is 10.5. The SMILES string of the molecule is Cc1ccc(F)cc1S(=O)(=O)Nc1cccc2cnccc12. The molecule has 0 aliphatic heterocycles. The van der Waals surface area contributed by atoms with Gasteiger partial charge in [0.15, 0.2) is 0 Å². The topological polar surface area (TPSA) is 59.1 Å². The van der Waals surface area contributed by atoms with Gasteiger partial charge in [-0.05, 0) is 36.8 Å². The number of sulfonamides is 1. The van der Waals surface area contributed by atoms with Crippen molar-refractivity contribution in [2.24, 2.45) is 0 Å². The summed E-state index contributed by atoms with van der Waals surface area (Å²) in [5, 5.41) is 1.55. The summed E-state index contributed by atoms with van der Waals surface area (Å²) in [6.07, 6.45) is 3.24. The fraction of sp³-hybridized carbons (Fsp3) is 0.0625. The molecule has 2 aromatic carbocycles. The molecule has 3 rings (SSSR count). The van der Waals surface area contributed by atoms with Crippen LogP contribution in [0.25, 0.3) is 10.8 Å². The second kappa shape index (κ2) is 5.38. The lowest BCUT2D eigenvalue weighted by atomic mass is 10.1. The summed E-state index contributed by atoms with van der Waals surface area (Å²) in [7, 11) is -3.87. The molecule has 0 amide bonds. The highest BCUT2D eigenvalue weighted by molar-refractivity contribution is 7.92. The molecule has 1 aromatic heterocycles. The summed E-state index contributed by atoms with van der Waals surface area (Å²) in [5.74, 6) is -0.590. The maximum absolute atomic E-state index is 13.4. The van der Waals surface area contributed by atoms with Crippen LogP contribution in [0.4, 0.5) is 10.1 Å². The van der Waals surface area contributed by atoms with Gasteiger partial charge in [0, 0.05) is 23.2 Å². The van der Waals surface area contributed by atoms with Gasteiger partial charge in [0.05, 0.1) is 10.6 Å². The van der Waals surface area contributed by atoms with E-state index in [1.165, 1.54) is 12.1 Å². The molecule has 3 aromatic rings. The predicted octanol–water partition coefficient (Wildman–Crippen LogP) is 3.48. The molecule has 0 saturated carbocycles. The van der Waals surface area contributed by atoms with E-state index >= 15 is 0 Å². The van der Waals surface area contributed by atoms with Gasteiger partial charge in [0.1, 0.15) is 5.82 Å². The molecular weight excluding hydrogens is 303 g/mol. The van der Waals surface area contributed by atoms with Gasteiger partial charge >= 0.3 is 0 Å². The minimum absolute atomic E-state index is 0.0708. The molecule has 0 saturated heterocycles. The highest BCUT2D eigenvalue weighted by Crippen LogP contribution is 2.26. The number of aromatic nitrogens is 1. The standard InChI is InChI=1S/C16H13FN2O2S/c1-11-5-6-13(17)9-16(11)22(20,21)19-15-4-2-3-12-10-18-8-7-14(12)15/h2-10,19H,1H3. The van der Waals surface area contributed by atoms with E-state index in [0.29, 0.717) is 11.3 Å². The Bertz CT molecular complexity index is 950. The van der Waals surface area contributed by atoms with Crippen LogP contribution in [0.3, 0.4) is 0 Å². The molecule has 0 radical (unpaired) electrons. The first-order valence-electron chi connectivity index (χ1n) is 6.59. The average Bonchev–Trinajstić information content (AvgIpc) is 2.50. The minimum atomic E-state index is -3.87. The third kappa shape index (κ3) is 2.65. The van der Waals surface area contributed by atoms with Gasteiger partial charge < -0.3 is 0 Å². The number of nitrogens with one attached hydrogen (secondary N) is 1. The zero-order valence-electron chi connectivity index (χ0n) is 11.7. The summed E-state index contributed by atoms with van der Waals surface area (Å²) >= 11 is 0. The lowest BCUT2D eigenvalue weighted by Crippen LogP contribution is -2.14. The molecule has 0 spiro atoms. The monoisotopic (exact) mass is 316 g/mol. The van der Waals surface area contributed by atoms with Gasteiger partial charge in [-0.2, -0.15) is 0 Å². The van der Waals surface area contributed by atoms with Crippen molar-refractivity contribution in [3.63, 3.8) is 0 Å². The van der Waals surface area contributed by atoms with E-state index in [1.807, 2.05) is 6.07 Å². The highest BCUT2D eigenvalue weighted by Gasteiger charge is 2.18. The van der Waals surface area contributed by atoms with E-state index in [1.54, 1.807) is 37.5 Å². The second-order valence-corrected chi connectivity index (χ2v) is 6.57. The van der Waals surface area contributed by atoms with Crippen molar-refractivity contribution in [3.8, 4) is 0 Å². The van der Waals surface area contributed by atoms with E-state index in [-0.39, 0.29) is 4.90 Å². The Morgan fingerprint density at radius 3 is 2.77 bits per heavy atom. The van der Waals surface area contributed by atoms with E-state index in [2.05, 4.69) is 9.71 Å². The van der Waals surface area contributed by atoms with Gasteiger partial charge in [-0.3, -0.25) is 9.71 Å². The number of rotatable bonds is 3. The third-order valence-electron chi connectivity index (χ3n) is 3.36. The Morgan fingerprint density at radius 1 is 1.14 bits per heavy atom. The molecular formula is C16H13FN2O2S. The van der Waals surface area contributed by atoms with Crippen LogP contribution in [-0.4, -0.2) is 13.4 Å². The Hall–Kier alpha value is -2.47. The Kier molecular flexibility index (Phi) is 3.54. The molecule has 4 nitrogen and oxygen atoms in total. The molecule has 0 atom stereocenters. The number of halogens is 1. The lowest BCUT2D eigenvalue weighted by Gasteiger charge is -2.12. The Morgan fingerprint density at radius 2 is 1.95 bits per heavy atom. The fourth-order valence-corrected chi connectivity index (χ4v) is 3.61. The number of hydrogen-bond acceptors (Lipinski definition) is 3. The summed E-state index contributed by atoms with van der Waals surface area (Å²) < 4.78 is 40.9. The molecule has 0 fully saturated rings. The summed E-state index contributed by atoms with van der Waals surface area (Å²) in [5.41, 5.74) is 0.916. The smallest absolute Gasteiger partial charge is 0.262 e. The molecule has 0 aliphatic carbocycles. The first-order valence-corrected chi connectivity index (χ1v) is 8.07. The highest BCUT2D eigenvalue weighted by atomic mass is 32.2. The van der Waals surface area contributed by atoms with Crippen molar-refractivity contribution in [1.29, 1.82) is 0 Å². The molecule has 6 heteroatoms. The summed E-state index contributed by atoms with van der Waals surface area (Å²) in [6.45, 7) is 1.63. The summed E-state index contributed by atoms with van der Waals surface area (Å²) in [4.78, 5) is 3.94. The van der Waals surface area contributed by atoms with Crippen molar-refractivity contribution >= 4 is 26.5 Å². The van der Waals surface area contributed by atoms with Crippen molar-refractivity contribution in [2.45, 2.75) is 11.8 Å². The molecule has 112 valence electrons. The largest absolute Gasteiger partial charge is 0.279 e. The minimum Gasteiger partial charge on any atom is -0.279 e. The zero-order valence-corrected chi connectivity index (χ0v) is 12.6.